The Hall–Kier alpha value is -3.48. The van der Waals surface area contributed by atoms with Gasteiger partial charge in [0.2, 0.25) is 5.91 Å². The Balaban J connectivity index is 1.33. The number of carbonyl (C=O) groups is 1. The molecule has 0 aliphatic heterocycles. The number of para-hydroxylation sites is 3. The van der Waals surface area contributed by atoms with Crippen molar-refractivity contribution in [3.8, 4) is 0 Å². The number of carbonyl (C=O) groups excluding carboxylic acids is 1. The van der Waals surface area contributed by atoms with Gasteiger partial charge in [0, 0.05) is 12.8 Å². The fourth-order valence-corrected chi connectivity index (χ4v) is 3.23. The molecule has 3 N–H and O–H groups in total. The molecular weight excluding hydrogens is 354 g/mol. The van der Waals surface area contributed by atoms with E-state index in [1.807, 2.05) is 49.4 Å². The molecule has 7 nitrogen and oxygen atoms in total. The van der Waals surface area contributed by atoms with E-state index in [2.05, 4.69) is 25.3 Å². The Kier molecular flexibility index (Phi) is 4.89. The van der Waals surface area contributed by atoms with Crippen molar-refractivity contribution < 1.29 is 4.79 Å². The third kappa shape index (κ3) is 3.78. The summed E-state index contributed by atoms with van der Waals surface area (Å²) in [5, 5.41) is 3.53. The maximum Gasteiger partial charge on any atom is 0.258 e. The Morgan fingerprint density at radius 1 is 1.04 bits per heavy atom. The van der Waals surface area contributed by atoms with Crippen LogP contribution in [0.2, 0.25) is 0 Å². The van der Waals surface area contributed by atoms with Crippen LogP contribution in [0.15, 0.2) is 53.3 Å². The molecule has 1 amide bonds. The molecule has 1 atom stereocenters. The van der Waals surface area contributed by atoms with Crippen LogP contribution in [0.1, 0.15) is 37.5 Å². The highest BCUT2D eigenvalue weighted by atomic mass is 16.1. The zero-order valence-corrected chi connectivity index (χ0v) is 15.5. The quantitative estimate of drug-likeness (QED) is 0.482. The molecule has 4 rings (SSSR count). The van der Waals surface area contributed by atoms with Gasteiger partial charge in [-0.2, -0.15) is 0 Å². The third-order valence-corrected chi connectivity index (χ3v) is 4.67. The molecule has 7 heteroatoms. The van der Waals surface area contributed by atoms with E-state index < -0.39 is 0 Å². The number of benzene rings is 2. The number of rotatable bonds is 6. The lowest BCUT2D eigenvalue weighted by Gasteiger charge is -2.11. The van der Waals surface area contributed by atoms with Gasteiger partial charge in [-0.05, 0) is 37.6 Å². The Morgan fingerprint density at radius 3 is 2.61 bits per heavy atom. The summed E-state index contributed by atoms with van der Waals surface area (Å²) in [5.41, 5.74) is 2.35. The zero-order chi connectivity index (χ0) is 19.5. The first-order chi connectivity index (χ1) is 13.6. The molecule has 0 fully saturated rings. The molecule has 0 saturated carbocycles. The Morgan fingerprint density at radius 2 is 1.79 bits per heavy atom. The van der Waals surface area contributed by atoms with Crippen molar-refractivity contribution in [1.29, 1.82) is 0 Å². The number of imidazole rings is 1. The summed E-state index contributed by atoms with van der Waals surface area (Å²) in [6.07, 6.45) is 1.48. The summed E-state index contributed by atoms with van der Waals surface area (Å²) in [6.45, 7) is 1.90. The maximum absolute atomic E-state index is 12.3. The van der Waals surface area contributed by atoms with Gasteiger partial charge in [-0.3, -0.25) is 9.59 Å². The summed E-state index contributed by atoms with van der Waals surface area (Å²) in [6, 6.07) is 14.8. The van der Waals surface area contributed by atoms with E-state index in [9.17, 15) is 9.59 Å². The average Bonchev–Trinajstić information content (AvgIpc) is 3.12. The molecule has 0 aliphatic rings. The van der Waals surface area contributed by atoms with Gasteiger partial charge in [0.05, 0.1) is 28.0 Å². The normalized spacial score (nSPS) is 12.3. The molecule has 142 valence electrons. The smallest absolute Gasteiger partial charge is 0.258 e. The molecule has 4 aromatic rings. The molecule has 0 radical (unpaired) electrons. The SMILES string of the molecule is C[C@H](NC(=O)CCCc1nc2ccccc2c(=O)[nH]1)c1nc2ccccc2[nH]1. The van der Waals surface area contributed by atoms with E-state index in [0.717, 1.165) is 16.9 Å². The first kappa shape index (κ1) is 17.9. The standard InChI is InChI=1S/C21H21N5O2/c1-13(20-24-16-9-4-5-10-17(16)25-20)22-19(27)12-6-11-18-23-15-8-3-2-7-14(15)21(28)26-18/h2-5,7-10,13H,6,11-12H2,1H3,(H,22,27)(H,24,25)(H,23,26,28)/t13-/m0/s1. The first-order valence-corrected chi connectivity index (χ1v) is 9.32. The van der Waals surface area contributed by atoms with Gasteiger partial charge in [-0.25, -0.2) is 9.97 Å². The fraction of sp³-hybridized carbons (Fsp3) is 0.238. The Bertz CT molecular complexity index is 1160. The number of fused-ring (bicyclic) bond motifs is 2. The minimum atomic E-state index is -0.210. The predicted molar refractivity (Wildman–Crippen MR) is 108 cm³/mol. The molecule has 2 aromatic carbocycles. The second kappa shape index (κ2) is 7.64. The van der Waals surface area contributed by atoms with E-state index in [0.29, 0.717) is 36.0 Å². The first-order valence-electron chi connectivity index (χ1n) is 9.32. The lowest BCUT2D eigenvalue weighted by atomic mass is 10.2. The van der Waals surface area contributed by atoms with Crippen LogP contribution >= 0.6 is 0 Å². The molecule has 0 spiro atoms. The third-order valence-electron chi connectivity index (χ3n) is 4.67. The maximum atomic E-state index is 12.3. The summed E-state index contributed by atoms with van der Waals surface area (Å²) in [7, 11) is 0. The van der Waals surface area contributed by atoms with E-state index in [1.54, 1.807) is 6.07 Å². The van der Waals surface area contributed by atoms with Crippen molar-refractivity contribution in [2.45, 2.75) is 32.2 Å². The van der Waals surface area contributed by atoms with Crippen molar-refractivity contribution >= 4 is 27.8 Å². The van der Waals surface area contributed by atoms with Gasteiger partial charge in [-0.15, -0.1) is 0 Å². The average molecular weight is 375 g/mol. The van der Waals surface area contributed by atoms with Gasteiger partial charge in [-0.1, -0.05) is 24.3 Å². The lowest BCUT2D eigenvalue weighted by Crippen LogP contribution is -2.27. The minimum absolute atomic E-state index is 0.0592. The second-order valence-electron chi connectivity index (χ2n) is 6.81. The van der Waals surface area contributed by atoms with Gasteiger partial charge in [0.25, 0.3) is 5.56 Å². The number of amides is 1. The van der Waals surface area contributed by atoms with Crippen LogP contribution in [0.4, 0.5) is 0 Å². The van der Waals surface area contributed by atoms with Crippen LogP contribution < -0.4 is 10.9 Å². The summed E-state index contributed by atoms with van der Waals surface area (Å²) >= 11 is 0. The number of aryl methyl sites for hydroxylation is 1. The van der Waals surface area contributed by atoms with Crippen molar-refractivity contribution in [2.75, 3.05) is 0 Å². The zero-order valence-electron chi connectivity index (χ0n) is 15.5. The Labute approximate surface area is 161 Å². The highest BCUT2D eigenvalue weighted by Gasteiger charge is 2.13. The van der Waals surface area contributed by atoms with Crippen LogP contribution in [0, 0.1) is 0 Å². The number of aromatic amines is 2. The highest BCUT2D eigenvalue weighted by molar-refractivity contribution is 5.78. The number of aromatic nitrogens is 4. The van der Waals surface area contributed by atoms with Crippen LogP contribution in [0.5, 0.6) is 0 Å². The van der Waals surface area contributed by atoms with Gasteiger partial charge >= 0.3 is 0 Å². The molecule has 0 bridgehead atoms. The van der Waals surface area contributed by atoms with Gasteiger partial charge in [0.1, 0.15) is 11.6 Å². The summed E-state index contributed by atoms with van der Waals surface area (Å²) in [4.78, 5) is 39.4. The predicted octanol–water partition coefficient (Wildman–Crippen LogP) is 3.00. The van der Waals surface area contributed by atoms with Gasteiger partial charge in [0.15, 0.2) is 0 Å². The second-order valence-corrected chi connectivity index (χ2v) is 6.81. The number of H-pyrrole nitrogens is 2. The van der Waals surface area contributed by atoms with Crippen molar-refractivity contribution in [3.05, 3.63) is 70.5 Å². The van der Waals surface area contributed by atoms with E-state index >= 15 is 0 Å². The number of hydrogen-bond donors (Lipinski definition) is 3. The van der Waals surface area contributed by atoms with Crippen LogP contribution in [-0.2, 0) is 11.2 Å². The van der Waals surface area contributed by atoms with Crippen LogP contribution in [0.25, 0.3) is 21.9 Å². The molecular formula is C21H21N5O2. The monoisotopic (exact) mass is 375 g/mol. The number of nitrogens with one attached hydrogen (secondary N) is 3. The van der Waals surface area contributed by atoms with E-state index in [-0.39, 0.29) is 17.5 Å². The number of hydrogen-bond acceptors (Lipinski definition) is 4. The fourth-order valence-electron chi connectivity index (χ4n) is 3.23. The molecule has 28 heavy (non-hydrogen) atoms. The lowest BCUT2D eigenvalue weighted by molar-refractivity contribution is -0.121. The van der Waals surface area contributed by atoms with Gasteiger partial charge < -0.3 is 15.3 Å². The van der Waals surface area contributed by atoms with Crippen LogP contribution in [0.3, 0.4) is 0 Å². The minimum Gasteiger partial charge on any atom is -0.346 e. The van der Waals surface area contributed by atoms with Crippen LogP contribution in [-0.4, -0.2) is 25.8 Å². The summed E-state index contributed by atoms with van der Waals surface area (Å²) in [5.74, 6) is 1.27. The van der Waals surface area contributed by atoms with Crippen molar-refractivity contribution in [1.82, 2.24) is 25.3 Å². The largest absolute Gasteiger partial charge is 0.346 e. The molecule has 2 heterocycles. The molecule has 0 aliphatic carbocycles. The highest BCUT2D eigenvalue weighted by Crippen LogP contribution is 2.15. The van der Waals surface area contributed by atoms with E-state index in [4.69, 9.17) is 0 Å². The van der Waals surface area contributed by atoms with Crippen molar-refractivity contribution in [3.63, 3.8) is 0 Å². The topological polar surface area (TPSA) is 104 Å². The van der Waals surface area contributed by atoms with E-state index in [1.165, 1.54) is 0 Å². The number of nitrogens with zero attached hydrogens (tertiary/aromatic N) is 2. The molecule has 2 aromatic heterocycles. The molecule has 0 unspecified atom stereocenters. The molecule has 0 saturated heterocycles. The van der Waals surface area contributed by atoms with Crippen molar-refractivity contribution in [2.24, 2.45) is 0 Å². The summed E-state index contributed by atoms with van der Waals surface area (Å²) < 4.78 is 0.